The zero-order valence-corrected chi connectivity index (χ0v) is 17.9. The summed E-state index contributed by atoms with van der Waals surface area (Å²) in [6, 6.07) is 17.3. The lowest BCUT2D eigenvalue weighted by Gasteiger charge is -2.25. The largest absolute Gasteiger partial charge is 0.497 e. The number of amides is 1. The summed E-state index contributed by atoms with van der Waals surface area (Å²) < 4.78 is 25.8. The topological polar surface area (TPSA) is 59.8 Å². The number of rotatable bonds is 3. The highest BCUT2D eigenvalue weighted by Gasteiger charge is 2.43. The Kier molecular flexibility index (Phi) is 4.63. The number of methoxy groups -OCH3 is 1. The van der Waals surface area contributed by atoms with Gasteiger partial charge in [-0.1, -0.05) is 28.1 Å². The Morgan fingerprint density at radius 1 is 1.00 bits per heavy atom. The summed E-state index contributed by atoms with van der Waals surface area (Å²) in [7, 11) is 1.56. The maximum absolute atomic E-state index is 13.9. The Morgan fingerprint density at radius 2 is 1.71 bits per heavy atom. The van der Waals surface area contributed by atoms with Crippen LogP contribution in [0.25, 0.3) is 11.0 Å². The molecular formula is C24H15BrFNO4. The smallest absolute Gasteiger partial charge is 0.295 e. The van der Waals surface area contributed by atoms with E-state index in [1.807, 2.05) is 12.1 Å². The molecule has 0 radical (unpaired) electrons. The Hall–Kier alpha value is -3.45. The van der Waals surface area contributed by atoms with Gasteiger partial charge < -0.3 is 9.15 Å². The van der Waals surface area contributed by atoms with Gasteiger partial charge in [0, 0.05) is 10.2 Å². The lowest BCUT2D eigenvalue weighted by Crippen LogP contribution is -2.29. The van der Waals surface area contributed by atoms with Crippen LogP contribution in [0.2, 0.25) is 0 Å². The van der Waals surface area contributed by atoms with Crippen molar-refractivity contribution in [1.29, 1.82) is 0 Å². The standard InChI is InChI=1S/C24H15BrFNO4/c1-30-17-9-2-13(3-10-17)21-20-22(28)18-12-15(26)6-11-19(18)31-23(20)24(29)27(21)16-7-4-14(25)5-8-16/h2-12,21H,1H3. The summed E-state index contributed by atoms with van der Waals surface area (Å²) in [5.41, 5.74) is 1.25. The fourth-order valence-corrected chi connectivity index (χ4v) is 4.18. The summed E-state index contributed by atoms with van der Waals surface area (Å²) in [4.78, 5) is 28.4. The zero-order valence-electron chi connectivity index (χ0n) is 16.3. The number of carbonyl (C=O) groups is 1. The number of halogens is 2. The second-order valence-corrected chi connectivity index (χ2v) is 8.06. The van der Waals surface area contributed by atoms with Gasteiger partial charge in [-0.25, -0.2) is 4.39 Å². The lowest BCUT2D eigenvalue weighted by molar-refractivity contribution is 0.0971. The van der Waals surface area contributed by atoms with Crippen LogP contribution < -0.4 is 15.1 Å². The van der Waals surface area contributed by atoms with Crippen molar-refractivity contribution in [3.63, 3.8) is 0 Å². The highest BCUT2D eigenvalue weighted by Crippen LogP contribution is 2.41. The van der Waals surface area contributed by atoms with Crippen LogP contribution in [0.5, 0.6) is 5.75 Å². The van der Waals surface area contributed by atoms with Gasteiger partial charge >= 0.3 is 0 Å². The average molecular weight is 480 g/mol. The van der Waals surface area contributed by atoms with Gasteiger partial charge in [0.15, 0.2) is 5.43 Å². The molecule has 2 heterocycles. The van der Waals surface area contributed by atoms with Crippen LogP contribution in [0, 0.1) is 5.82 Å². The van der Waals surface area contributed by atoms with Gasteiger partial charge in [0.05, 0.1) is 24.1 Å². The number of carbonyl (C=O) groups excluding carboxylic acids is 1. The van der Waals surface area contributed by atoms with Gasteiger partial charge in [-0.15, -0.1) is 0 Å². The van der Waals surface area contributed by atoms with Gasteiger partial charge in [0.2, 0.25) is 5.76 Å². The fourth-order valence-electron chi connectivity index (χ4n) is 3.91. The Balaban J connectivity index is 1.79. The number of fused-ring (bicyclic) bond motifs is 2. The van der Waals surface area contributed by atoms with E-state index in [0.29, 0.717) is 17.0 Å². The molecule has 1 unspecified atom stereocenters. The minimum Gasteiger partial charge on any atom is -0.497 e. The van der Waals surface area contributed by atoms with Crippen molar-refractivity contribution in [2.75, 3.05) is 12.0 Å². The van der Waals surface area contributed by atoms with Crippen molar-refractivity contribution in [3.8, 4) is 5.75 Å². The normalized spacial score (nSPS) is 15.4. The van der Waals surface area contributed by atoms with Crippen LogP contribution in [-0.2, 0) is 0 Å². The maximum atomic E-state index is 13.9. The molecular weight excluding hydrogens is 465 g/mol. The van der Waals surface area contributed by atoms with Crippen LogP contribution in [0.15, 0.2) is 80.4 Å². The summed E-state index contributed by atoms with van der Waals surface area (Å²) >= 11 is 3.40. The lowest BCUT2D eigenvalue weighted by atomic mass is 9.98. The van der Waals surface area contributed by atoms with Gasteiger partial charge in [-0.3, -0.25) is 14.5 Å². The molecule has 0 fully saturated rings. The van der Waals surface area contributed by atoms with E-state index in [0.717, 1.165) is 10.5 Å². The third-order valence-corrected chi connectivity index (χ3v) is 5.90. The van der Waals surface area contributed by atoms with E-state index >= 15 is 0 Å². The first-order valence-electron chi connectivity index (χ1n) is 9.47. The SMILES string of the molecule is COc1ccc(C2c3c(oc4ccc(F)cc4c3=O)C(=O)N2c2ccc(Br)cc2)cc1. The molecule has 0 spiro atoms. The third kappa shape index (κ3) is 3.13. The van der Waals surface area contributed by atoms with E-state index in [2.05, 4.69) is 15.9 Å². The molecule has 4 aromatic rings. The van der Waals surface area contributed by atoms with Gasteiger partial charge in [0.25, 0.3) is 5.91 Å². The van der Waals surface area contributed by atoms with Crippen LogP contribution in [0.3, 0.4) is 0 Å². The predicted molar refractivity (Wildman–Crippen MR) is 118 cm³/mol. The molecule has 0 N–H and O–H groups in total. The zero-order chi connectivity index (χ0) is 21.7. The number of hydrogen-bond donors (Lipinski definition) is 0. The second-order valence-electron chi connectivity index (χ2n) is 7.14. The van der Waals surface area contributed by atoms with Gasteiger partial charge in [0.1, 0.15) is 17.1 Å². The van der Waals surface area contributed by atoms with Crippen molar-refractivity contribution in [1.82, 2.24) is 0 Å². The molecule has 1 aromatic heterocycles. The van der Waals surface area contributed by atoms with Crippen LogP contribution in [-0.4, -0.2) is 13.0 Å². The average Bonchev–Trinajstić information content (AvgIpc) is 3.07. The molecule has 0 bridgehead atoms. The minimum absolute atomic E-state index is 0.0344. The van der Waals surface area contributed by atoms with E-state index in [1.54, 1.807) is 43.5 Å². The maximum Gasteiger partial charge on any atom is 0.295 e. The quantitative estimate of drug-likeness (QED) is 0.391. The number of nitrogens with zero attached hydrogens (tertiary/aromatic N) is 1. The fraction of sp³-hybridized carbons (Fsp3) is 0.0833. The first-order chi connectivity index (χ1) is 15.0. The van der Waals surface area contributed by atoms with Gasteiger partial charge in [-0.2, -0.15) is 0 Å². The van der Waals surface area contributed by atoms with Crippen molar-refractivity contribution >= 4 is 38.5 Å². The molecule has 0 saturated carbocycles. The molecule has 5 nitrogen and oxygen atoms in total. The molecule has 1 amide bonds. The summed E-state index contributed by atoms with van der Waals surface area (Å²) in [6.45, 7) is 0. The van der Waals surface area contributed by atoms with Crippen molar-refractivity contribution in [2.45, 2.75) is 6.04 Å². The molecule has 7 heteroatoms. The van der Waals surface area contributed by atoms with Crippen molar-refractivity contribution < 1.29 is 18.3 Å². The minimum atomic E-state index is -0.724. The monoisotopic (exact) mass is 479 g/mol. The summed E-state index contributed by atoms with van der Waals surface area (Å²) in [5.74, 6) is -0.361. The van der Waals surface area contributed by atoms with Crippen LogP contribution in [0.4, 0.5) is 10.1 Å². The molecule has 1 atom stereocenters. The second kappa shape index (κ2) is 7.35. The molecule has 31 heavy (non-hydrogen) atoms. The number of benzene rings is 3. The van der Waals surface area contributed by atoms with Crippen LogP contribution in [0.1, 0.15) is 27.7 Å². The van der Waals surface area contributed by atoms with E-state index in [4.69, 9.17) is 9.15 Å². The Labute approximate surface area is 184 Å². The van der Waals surface area contributed by atoms with Crippen molar-refractivity contribution in [3.05, 3.63) is 104 Å². The van der Waals surface area contributed by atoms with E-state index < -0.39 is 23.2 Å². The molecule has 154 valence electrons. The number of ether oxygens (including phenoxy) is 1. The number of anilines is 1. The van der Waals surface area contributed by atoms with E-state index in [1.165, 1.54) is 17.0 Å². The summed E-state index contributed by atoms with van der Waals surface area (Å²) in [6.07, 6.45) is 0. The molecule has 0 saturated heterocycles. The molecule has 0 aliphatic carbocycles. The highest BCUT2D eigenvalue weighted by molar-refractivity contribution is 9.10. The highest BCUT2D eigenvalue weighted by atomic mass is 79.9. The molecule has 1 aliphatic heterocycles. The number of hydrogen-bond acceptors (Lipinski definition) is 4. The summed E-state index contributed by atoms with van der Waals surface area (Å²) in [5, 5.41) is 0.0997. The van der Waals surface area contributed by atoms with Gasteiger partial charge in [-0.05, 0) is 60.2 Å². The van der Waals surface area contributed by atoms with E-state index in [-0.39, 0.29) is 22.3 Å². The van der Waals surface area contributed by atoms with Crippen molar-refractivity contribution in [2.24, 2.45) is 0 Å². The third-order valence-electron chi connectivity index (χ3n) is 5.37. The molecule has 1 aliphatic rings. The Bertz CT molecular complexity index is 1380. The molecule has 3 aromatic carbocycles. The predicted octanol–water partition coefficient (Wildman–Crippen LogP) is 5.45. The van der Waals surface area contributed by atoms with Crippen LogP contribution >= 0.6 is 15.9 Å². The Morgan fingerprint density at radius 3 is 2.39 bits per heavy atom. The molecule has 5 rings (SSSR count). The first kappa shape index (κ1) is 19.5. The van der Waals surface area contributed by atoms with E-state index in [9.17, 15) is 14.0 Å². The first-order valence-corrected chi connectivity index (χ1v) is 10.3.